The second kappa shape index (κ2) is 4.80. The molecule has 0 fully saturated rings. The smallest absolute Gasteiger partial charge is 0.312 e. The highest BCUT2D eigenvalue weighted by Gasteiger charge is 2.15. The normalized spacial score (nSPS) is 12.3. The lowest BCUT2D eigenvalue weighted by molar-refractivity contribution is -0.141. The van der Waals surface area contributed by atoms with Crippen LogP contribution in [0.25, 0.3) is 0 Å². The van der Waals surface area contributed by atoms with E-state index in [1.54, 1.807) is 13.0 Å². The molecule has 1 atom stereocenters. The first kappa shape index (κ1) is 11.5. The van der Waals surface area contributed by atoms with Crippen LogP contribution in [0.15, 0.2) is 22.7 Å². The maximum absolute atomic E-state index is 11.2. The molecule has 1 aromatic rings. The zero-order chi connectivity index (χ0) is 10.7. The summed E-state index contributed by atoms with van der Waals surface area (Å²) in [5, 5.41) is 0.630. The monoisotopic (exact) mass is 276 g/mol. The van der Waals surface area contributed by atoms with E-state index in [2.05, 4.69) is 20.7 Å². The van der Waals surface area contributed by atoms with Crippen LogP contribution in [-0.4, -0.2) is 13.1 Å². The van der Waals surface area contributed by atoms with Crippen LogP contribution in [0.1, 0.15) is 18.4 Å². The molecule has 0 bridgehead atoms. The van der Waals surface area contributed by atoms with E-state index in [0.29, 0.717) is 5.02 Å². The number of esters is 1. The average Bonchev–Trinajstić information content (AvgIpc) is 2.20. The van der Waals surface area contributed by atoms with Gasteiger partial charge in [0.25, 0.3) is 0 Å². The summed E-state index contributed by atoms with van der Waals surface area (Å²) >= 11 is 9.14. The third-order valence-electron chi connectivity index (χ3n) is 2.00. The van der Waals surface area contributed by atoms with E-state index in [9.17, 15) is 4.79 Å². The summed E-state index contributed by atoms with van der Waals surface area (Å²) in [6.45, 7) is 1.79. The van der Waals surface area contributed by atoms with E-state index in [1.807, 2.05) is 12.1 Å². The Hall–Kier alpha value is -0.540. The van der Waals surface area contributed by atoms with Gasteiger partial charge in [-0.05, 0) is 40.5 Å². The van der Waals surface area contributed by atoms with E-state index in [1.165, 1.54) is 7.11 Å². The molecule has 0 saturated heterocycles. The number of hydrogen-bond donors (Lipinski definition) is 0. The van der Waals surface area contributed by atoms with Crippen LogP contribution in [0.5, 0.6) is 0 Å². The van der Waals surface area contributed by atoms with E-state index < -0.39 is 0 Å². The molecule has 14 heavy (non-hydrogen) atoms. The van der Waals surface area contributed by atoms with Crippen LogP contribution in [0.4, 0.5) is 0 Å². The molecule has 4 heteroatoms. The van der Waals surface area contributed by atoms with Crippen LogP contribution < -0.4 is 0 Å². The number of methoxy groups -OCH3 is 1. The van der Waals surface area contributed by atoms with Crippen LogP contribution in [0.3, 0.4) is 0 Å². The maximum Gasteiger partial charge on any atom is 0.312 e. The fourth-order valence-corrected chi connectivity index (χ4v) is 1.61. The lowest BCUT2D eigenvalue weighted by Gasteiger charge is -2.09. The molecular formula is C10H10BrClO2. The second-order valence-electron chi connectivity index (χ2n) is 2.92. The Bertz CT molecular complexity index is 352. The van der Waals surface area contributed by atoms with Crippen LogP contribution in [0.2, 0.25) is 5.02 Å². The Balaban J connectivity index is 2.96. The van der Waals surface area contributed by atoms with Crippen molar-refractivity contribution in [3.05, 3.63) is 33.3 Å². The largest absolute Gasteiger partial charge is 0.469 e. The summed E-state index contributed by atoms with van der Waals surface area (Å²) in [6.07, 6.45) is 0. The average molecular weight is 278 g/mol. The molecule has 1 rings (SSSR count). The van der Waals surface area contributed by atoms with Crippen molar-refractivity contribution in [3.8, 4) is 0 Å². The number of carbonyl (C=O) groups excluding carboxylic acids is 1. The Morgan fingerprint density at radius 1 is 1.57 bits per heavy atom. The van der Waals surface area contributed by atoms with Crippen molar-refractivity contribution in [2.45, 2.75) is 12.8 Å². The third kappa shape index (κ3) is 2.49. The van der Waals surface area contributed by atoms with E-state index >= 15 is 0 Å². The molecule has 0 saturated carbocycles. The standard InChI is InChI=1S/C10H10BrClO2/c1-6(10(13)14-2)7-3-4-9(12)8(11)5-7/h3-6H,1-2H3. The van der Waals surface area contributed by atoms with Gasteiger partial charge in [0.05, 0.1) is 18.1 Å². The first-order valence-electron chi connectivity index (χ1n) is 4.09. The lowest BCUT2D eigenvalue weighted by atomic mass is 10.0. The van der Waals surface area contributed by atoms with Gasteiger partial charge in [0.15, 0.2) is 0 Å². The zero-order valence-electron chi connectivity index (χ0n) is 7.88. The SMILES string of the molecule is COC(=O)C(C)c1ccc(Cl)c(Br)c1. The minimum absolute atomic E-state index is 0.251. The molecule has 0 aromatic heterocycles. The van der Waals surface area contributed by atoms with Gasteiger partial charge in [-0.3, -0.25) is 4.79 Å². The Morgan fingerprint density at radius 2 is 2.21 bits per heavy atom. The molecule has 0 N–H and O–H groups in total. The molecule has 76 valence electrons. The molecule has 1 aromatic carbocycles. The number of hydrogen-bond acceptors (Lipinski definition) is 2. The van der Waals surface area contributed by atoms with Gasteiger partial charge in [-0.15, -0.1) is 0 Å². The Morgan fingerprint density at radius 3 is 2.71 bits per heavy atom. The maximum atomic E-state index is 11.2. The number of rotatable bonds is 2. The van der Waals surface area contributed by atoms with Crippen LogP contribution >= 0.6 is 27.5 Å². The van der Waals surface area contributed by atoms with E-state index in [0.717, 1.165) is 10.0 Å². The molecule has 0 heterocycles. The highest BCUT2D eigenvalue weighted by Crippen LogP contribution is 2.27. The van der Waals surface area contributed by atoms with Gasteiger partial charge in [-0.25, -0.2) is 0 Å². The molecule has 0 aliphatic heterocycles. The van der Waals surface area contributed by atoms with E-state index in [-0.39, 0.29) is 11.9 Å². The van der Waals surface area contributed by atoms with Gasteiger partial charge >= 0.3 is 5.97 Å². The minimum Gasteiger partial charge on any atom is -0.469 e. The first-order valence-corrected chi connectivity index (χ1v) is 5.26. The second-order valence-corrected chi connectivity index (χ2v) is 4.18. The van der Waals surface area contributed by atoms with Crippen molar-refractivity contribution in [3.63, 3.8) is 0 Å². The summed E-state index contributed by atoms with van der Waals surface area (Å²) in [5.41, 5.74) is 0.883. The molecule has 0 amide bonds. The van der Waals surface area contributed by atoms with Crippen molar-refractivity contribution < 1.29 is 9.53 Å². The predicted molar refractivity (Wildman–Crippen MR) is 59.6 cm³/mol. The van der Waals surface area contributed by atoms with Gasteiger partial charge in [0.2, 0.25) is 0 Å². The molecular weight excluding hydrogens is 267 g/mol. The number of halogens is 2. The fraction of sp³-hybridized carbons (Fsp3) is 0.300. The minimum atomic E-state index is -0.270. The van der Waals surface area contributed by atoms with Crippen molar-refractivity contribution in [1.82, 2.24) is 0 Å². The van der Waals surface area contributed by atoms with Gasteiger partial charge in [-0.1, -0.05) is 17.7 Å². The quantitative estimate of drug-likeness (QED) is 0.775. The first-order chi connectivity index (χ1) is 6.56. The van der Waals surface area contributed by atoms with Gasteiger partial charge in [-0.2, -0.15) is 0 Å². The zero-order valence-corrected chi connectivity index (χ0v) is 10.2. The fourth-order valence-electron chi connectivity index (χ4n) is 1.09. The van der Waals surface area contributed by atoms with E-state index in [4.69, 9.17) is 11.6 Å². The highest BCUT2D eigenvalue weighted by molar-refractivity contribution is 9.10. The molecule has 0 aliphatic rings. The molecule has 1 unspecified atom stereocenters. The van der Waals surface area contributed by atoms with Gasteiger partial charge in [0.1, 0.15) is 0 Å². The summed E-state index contributed by atoms with van der Waals surface area (Å²) in [6, 6.07) is 5.39. The van der Waals surface area contributed by atoms with Crippen LogP contribution in [0, 0.1) is 0 Å². The Kier molecular flexibility index (Phi) is 3.96. The van der Waals surface area contributed by atoms with Crippen molar-refractivity contribution in [2.24, 2.45) is 0 Å². The predicted octanol–water partition coefficient (Wildman–Crippen LogP) is 3.38. The molecule has 0 spiro atoms. The van der Waals surface area contributed by atoms with Gasteiger partial charge in [0, 0.05) is 4.47 Å². The molecule has 0 radical (unpaired) electrons. The van der Waals surface area contributed by atoms with Gasteiger partial charge < -0.3 is 4.74 Å². The van der Waals surface area contributed by atoms with Crippen molar-refractivity contribution in [1.29, 1.82) is 0 Å². The molecule has 2 nitrogen and oxygen atoms in total. The summed E-state index contributed by atoms with van der Waals surface area (Å²) in [7, 11) is 1.38. The number of ether oxygens (including phenoxy) is 1. The summed E-state index contributed by atoms with van der Waals surface area (Å²) in [4.78, 5) is 11.2. The number of benzene rings is 1. The lowest BCUT2D eigenvalue weighted by Crippen LogP contribution is -2.10. The number of carbonyl (C=O) groups is 1. The Labute approximate surface area is 96.3 Å². The van der Waals surface area contributed by atoms with Crippen LogP contribution in [-0.2, 0) is 9.53 Å². The van der Waals surface area contributed by atoms with Crippen molar-refractivity contribution >= 4 is 33.5 Å². The molecule has 0 aliphatic carbocycles. The topological polar surface area (TPSA) is 26.3 Å². The highest BCUT2D eigenvalue weighted by atomic mass is 79.9. The third-order valence-corrected chi connectivity index (χ3v) is 3.21. The summed E-state index contributed by atoms with van der Waals surface area (Å²) in [5.74, 6) is -0.521. The van der Waals surface area contributed by atoms with Crippen molar-refractivity contribution in [2.75, 3.05) is 7.11 Å². The summed E-state index contributed by atoms with van der Waals surface area (Å²) < 4.78 is 5.43.